The van der Waals surface area contributed by atoms with E-state index in [-0.39, 0.29) is 36.1 Å². The number of amides is 1. The number of aliphatic hydroxyl groups is 1. The van der Waals surface area contributed by atoms with Gasteiger partial charge in [-0.2, -0.15) is 0 Å². The minimum atomic E-state index is -0.562. The highest BCUT2D eigenvalue weighted by molar-refractivity contribution is 5.97. The molecule has 116 valence electrons. The maximum atomic E-state index is 12.4. The van der Waals surface area contributed by atoms with Gasteiger partial charge in [-0.3, -0.25) is 14.9 Å². The van der Waals surface area contributed by atoms with Gasteiger partial charge in [0.05, 0.1) is 36.9 Å². The van der Waals surface area contributed by atoms with Gasteiger partial charge in [-0.05, 0) is 6.07 Å². The first kappa shape index (κ1) is 16.9. The smallest absolute Gasteiger partial charge is 0.273 e. The van der Waals surface area contributed by atoms with Gasteiger partial charge in [0.1, 0.15) is 5.75 Å². The molecule has 0 spiro atoms. The molecule has 0 unspecified atom stereocenters. The summed E-state index contributed by atoms with van der Waals surface area (Å²) < 4.78 is 9.96. The first-order valence-corrected chi connectivity index (χ1v) is 6.26. The van der Waals surface area contributed by atoms with E-state index in [0.29, 0.717) is 13.2 Å². The van der Waals surface area contributed by atoms with Crippen molar-refractivity contribution in [3.63, 3.8) is 0 Å². The molecule has 0 aliphatic rings. The lowest BCUT2D eigenvalue weighted by Crippen LogP contribution is -2.36. The second-order valence-corrected chi connectivity index (χ2v) is 4.15. The fourth-order valence-corrected chi connectivity index (χ4v) is 1.78. The summed E-state index contributed by atoms with van der Waals surface area (Å²) in [5.74, 6) is -0.262. The van der Waals surface area contributed by atoms with E-state index in [9.17, 15) is 14.9 Å². The molecular weight excluding hydrogens is 280 g/mol. The third-order valence-electron chi connectivity index (χ3n) is 2.85. The Bertz CT molecular complexity index is 505. The lowest BCUT2D eigenvalue weighted by atomic mass is 10.1. The molecule has 8 nitrogen and oxygen atoms in total. The molecule has 8 heteroatoms. The van der Waals surface area contributed by atoms with Gasteiger partial charge >= 0.3 is 0 Å². The molecule has 1 rings (SSSR count). The van der Waals surface area contributed by atoms with Crippen LogP contribution in [0.2, 0.25) is 0 Å². The van der Waals surface area contributed by atoms with Crippen LogP contribution in [0.4, 0.5) is 5.69 Å². The minimum absolute atomic E-state index is 0.120. The number of benzene rings is 1. The number of nitro benzene ring substituents is 1. The Balaban J connectivity index is 3.05. The number of methoxy groups -OCH3 is 2. The van der Waals surface area contributed by atoms with Crippen LogP contribution in [-0.2, 0) is 4.74 Å². The molecule has 0 saturated heterocycles. The lowest BCUT2D eigenvalue weighted by Gasteiger charge is -2.22. The Morgan fingerprint density at radius 3 is 2.62 bits per heavy atom. The van der Waals surface area contributed by atoms with Gasteiger partial charge in [0.25, 0.3) is 11.6 Å². The number of rotatable bonds is 8. The highest BCUT2D eigenvalue weighted by atomic mass is 16.6. The number of aliphatic hydroxyl groups excluding tert-OH is 1. The molecule has 0 heterocycles. The summed E-state index contributed by atoms with van der Waals surface area (Å²) in [5, 5.41) is 19.8. The summed E-state index contributed by atoms with van der Waals surface area (Å²) in [7, 11) is 2.84. The predicted molar refractivity (Wildman–Crippen MR) is 74.5 cm³/mol. The SMILES string of the molecule is COCCN(CCO)C(=O)c1ccc([N+](=O)[O-])cc1OC. The molecular formula is C13H18N2O6. The van der Waals surface area contributed by atoms with Crippen molar-refractivity contribution in [3.8, 4) is 5.75 Å². The molecule has 1 aromatic rings. The highest BCUT2D eigenvalue weighted by Crippen LogP contribution is 2.25. The van der Waals surface area contributed by atoms with Crippen LogP contribution in [-0.4, -0.2) is 61.4 Å². The minimum Gasteiger partial charge on any atom is -0.496 e. The fourth-order valence-electron chi connectivity index (χ4n) is 1.78. The number of carbonyl (C=O) groups excluding carboxylic acids is 1. The van der Waals surface area contributed by atoms with E-state index in [0.717, 1.165) is 0 Å². The lowest BCUT2D eigenvalue weighted by molar-refractivity contribution is -0.384. The number of ether oxygens (including phenoxy) is 2. The van der Waals surface area contributed by atoms with Crippen molar-refractivity contribution in [2.75, 3.05) is 40.5 Å². The van der Waals surface area contributed by atoms with Gasteiger partial charge in [0.2, 0.25) is 0 Å². The van der Waals surface area contributed by atoms with Crippen molar-refractivity contribution < 1.29 is 24.3 Å². The number of nitro groups is 1. The summed E-state index contributed by atoms with van der Waals surface area (Å²) in [6.45, 7) is 0.574. The van der Waals surface area contributed by atoms with Crippen LogP contribution in [0.15, 0.2) is 18.2 Å². The normalized spacial score (nSPS) is 10.2. The summed E-state index contributed by atoms with van der Waals surface area (Å²) in [5.41, 5.74) is 0.0432. The van der Waals surface area contributed by atoms with Crippen molar-refractivity contribution in [3.05, 3.63) is 33.9 Å². The van der Waals surface area contributed by atoms with Crippen LogP contribution in [0.5, 0.6) is 5.75 Å². The van der Waals surface area contributed by atoms with Crippen molar-refractivity contribution in [1.82, 2.24) is 4.90 Å². The molecule has 0 radical (unpaired) electrons. The zero-order chi connectivity index (χ0) is 15.8. The second-order valence-electron chi connectivity index (χ2n) is 4.15. The fraction of sp³-hybridized carbons (Fsp3) is 0.462. The van der Waals surface area contributed by atoms with Crippen molar-refractivity contribution in [1.29, 1.82) is 0 Å². The first-order chi connectivity index (χ1) is 10.0. The first-order valence-electron chi connectivity index (χ1n) is 6.26. The molecule has 0 atom stereocenters. The van der Waals surface area contributed by atoms with Crippen LogP contribution < -0.4 is 4.74 Å². The third kappa shape index (κ3) is 4.40. The number of non-ortho nitro benzene ring substituents is 1. The third-order valence-corrected chi connectivity index (χ3v) is 2.85. The summed E-state index contributed by atoms with van der Waals surface area (Å²) >= 11 is 0. The molecule has 0 bridgehead atoms. The van der Waals surface area contributed by atoms with Crippen molar-refractivity contribution in [2.24, 2.45) is 0 Å². The number of hydrogen-bond donors (Lipinski definition) is 1. The molecule has 21 heavy (non-hydrogen) atoms. The monoisotopic (exact) mass is 298 g/mol. The number of hydrogen-bond acceptors (Lipinski definition) is 6. The van der Waals surface area contributed by atoms with Crippen LogP contribution in [0.1, 0.15) is 10.4 Å². The van der Waals surface area contributed by atoms with E-state index in [1.807, 2.05) is 0 Å². The molecule has 0 aromatic heterocycles. The van der Waals surface area contributed by atoms with Crippen LogP contribution in [0.25, 0.3) is 0 Å². The Kier molecular flexibility index (Phi) is 6.57. The van der Waals surface area contributed by atoms with Gasteiger partial charge in [-0.25, -0.2) is 0 Å². The van der Waals surface area contributed by atoms with E-state index < -0.39 is 4.92 Å². The second kappa shape index (κ2) is 8.18. The van der Waals surface area contributed by atoms with E-state index in [2.05, 4.69) is 0 Å². The zero-order valence-electron chi connectivity index (χ0n) is 11.9. The Morgan fingerprint density at radius 2 is 2.10 bits per heavy atom. The van der Waals surface area contributed by atoms with Crippen LogP contribution in [0, 0.1) is 10.1 Å². The summed E-state index contributed by atoms with van der Waals surface area (Å²) in [6.07, 6.45) is 0. The van der Waals surface area contributed by atoms with E-state index in [4.69, 9.17) is 14.6 Å². The molecule has 0 saturated carbocycles. The maximum Gasteiger partial charge on any atom is 0.273 e. The largest absolute Gasteiger partial charge is 0.496 e. The van der Waals surface area contributed by atoms with Gasteiger partial charge in [-0.1, -0.05) is 0 Å². The quantitative estimate of drug-likeness (QED) is 0.559. The van der Waals surface area contributed by atoms with Gasteiger partial charge < -0.3 is 19.5 Å². The van der Waals surface area contributed by atoms with E-state index in [1.165, 1.54) is 37.3 Å². The Hall–Kier alpha value is -2.19. The summed E-state index contributed by atoms with van der Waals surface area (Å²) in [4.78, 5) is 24.0. The average molecular weight is 298 g/mol. The van der Waals surface area contributed by atoms with Gasteiger partial charge in [0.15, 0.2) is 0 Å². The van der Waals surface area contributed by atoms with Crippen LogP contribution >= 0.6 is 0 Å². The molecule has 1 aromatic carbocycles. The Labute approximate surface area is 122 Å². The molecule has 1 amide bonds. The number of nitrogens with zero attached hydrogens (tertiary/aromatic N) is 2. The summed E-state index contributed by atoms with van der Waals surface area (Å²) in [6, 6.07) is 3.78. The average Bonchev–Trinajstić information content (AvgIpc) is 2.49. The zero-order valence-corrected chi connectivity index (χ0v) is 11.9. The maximum absolute atomic E-state index is 12.4. The van der Waals surface area contributed by atoms with E-state index in [1.54, 1.807) is 0 Å². The highest BCUT2D eigenvalue weighted by Gasteiger charge is 2.21. The van der Waals surface area contributed by atoms with E-state index >= 15 is 0 Å². The van der Waals surface area contributed by atoms with Gasteiger partial charge in [0, 0.05) is 26.3 Å². The number of carbonyl (C=O) groups is 1. The molecule has 0 aliphatic carbocycles. The standard InChI is InChI=1S/C13H18N2O6/c1-20-8-6-14(5-7-16)13(17)11-4-3-10(15(18)19)9-12(11)21-2/h3-4,9,16H,5-8H2,1-2H3. The van der Waals surface area contributed by atoms with Crippen molar-refractivity contribution >= 4 is 11.6 Å². The molecule has 0 aliphatic heterocycles. The molecule has 1 N–H and O–H groups in total. The van der Waals surface area contributed by atoms with Crippen molar-refractivity contribution in [2.45, 2.75) is 0 Å². The van der Waals surface area contributed by atoms with Crippen LogP contribution in [0.3, 0.4) is 0 Å². The predicted octanol–water partition coefficient (Wildman–Crippen LogP) is 0.684. The Morgan fingerprint density at radius 1 is 1.38 bits per heavy atom. The molecule has 0 fully saturated rings. The topological polar surface area (TPSA) is 102 Å². The van der Waals surface area contributed by atoms with Gasteiger partial charge in [-0.15, -0.1) is 0 Å².